The second-order valence-electron chi connectivity index (χ2n) is 5.73. The molecule has 2 aromatic carbocycles. The van der Waals surface area contributed by atoms with Gasteiger partial charge in [0.15, 0.2) is 9.84 Å². The molecule has 2 rings (SSSR count). The summed E-state index contributed by atoms with van der Waals surface area (Å²) in [5.74, 6) is -0.597. The van der Waals surface area contributed by atoms with E-state index >= 15 is 0 Å². The number of halogens is 1. The molecule has 1 unspecified atom stereocenters. The van der Waals surface area contributed by atoms with Crippen LogP contribution in [0.5, 0.6) is 0 Å². The van der Waals surface area contributed by atoms with E-state index in [1.54, 1.807) is 24.3 Å². The van der Waals surface area contributed by atoms with Crippen LogP contribution in [0.25, 0.3) is 0 Å². The van der Waals surface area contributed by atoms with Crippen LogP contribution in [0, 0.1) is 10.1 Å². The molecule has 0 bridgehead atoms. The van der Waals surface area contributed by atoms with Gasteiger partial charge in [0, 0.05) is 29.0 Å². The van der Waals surface area contributed by atoms with Gasteiger partial charge in [-0.25, -0.2) is 8.42 Å². The van der Waals surface area contributed by atoms with Gasteiger partial charge in [0.1, 0.15) is 0 Å². The smallest absolute Gasteiger partial charge is 0.271 e. The standard InChI is InChI=1S/C17H17ClN2O5S/c1-3-16(11-4-6-13(18)7-5-11)19-17(21)12-8-14(20(22)23)10-15(9-12)26(2,24)25/h4-10,16H,3H2,1-2H3,(H,19,21). The van der Waals surface area contributed by atoms with Crippen molar-refractivity contribution in [1.82, 2.24) is 5.32 Å². The molecule has 0 saturated heterocycles. The first-order valence-corrected chi connectivity index (χ1v) is 9.94. The normalized spacial score (nSPS) is 12.4. The number of rotatable bonds is 6. The number of hydrogen-bond acceptors (Lipinski definition) is 5. The van der Waals surface area contributed by atoms with E-state index in [4.69, 9.17) is 11.6 Å². The Bertz CT molecular complexity index is 942. The number of nitrogens with one attached hydrogen (secondary N) is 1. The molecule has 0 aliphatic carbocycles. The lowest BCUT2D eigenvalue weighted by Crippen LogP contribution is -2.28. The van der Waals surface area contributed by atoms with E-state index in [1.807, 2.05) is 6.92 Å². The number of nitro groups is 1. The number of amides is 1. The highest BCUT2D eigenvalue weighted by atomic mass is 35.5. The van der Waals surface area contributed by atoms with Gasteiger partial charge in [-0.3, -0.25) is 14.9 Å². The maximum absolute atomic E-state index is 12.6. The number of benzene rings is 2. The zero-order chi connectivity index (χ0) is 19.5. The summed E-state index contributed by atoms with van der Waals surface area (Å²) in [5, 5.41) is 14.4. The Labute approximate surface area is 156 Å². The van der Waals surface area contributed by atoms with E-state index < -0.39 is 26.4 Å². The maximum Gasteiger partial charge on any atom is 0.271 e. The van der Waals surface area contributed by atoms with Crippen molar-refractivity contribution < 1.29 is 18.1 Å². The minimum atomic E-state index is -3.70. The number of non-ortho nitro benzene ring substituents is 1. The van der Waals surface area contributed by atoms with Crippen molar-refractivity contribution >= 4 is 33.0 Å². The lowest BCUT2D eigenvalue weighted by Gasteiger charge is -2.18. The topological polar surface area (TPSA) is 106 Å². The fourth-order valence-electron chi connectivity index (χ4n) is 2.39. The van der Waals surface area contributed by atoms with E-state index in [0.717, 1.165) is 30.0 Å². The van der Waals surface area contributed by atoms with Crippen LogP contribution in [-0.4, -0.2) is 25.5 Å². The molecule has 9 heteroatoms. The molecule has 0 radical (unpaired) electrons. The maximum atomic E-state index is 12.6. The SMILES string of the molecule is CCC(NC(=O)c1cc([N+](=O)[O-])cc(S(C)(=O)=O)c1)c1ccc(Cl)cc1. The Hall–Kier alpha value is -2.45. The van der Waals surface area contributed by atoms with Gasteiger partial charge in [-0.05, 0) is 30.2 Å². The highest BCUT2D eigenvalue weighted by Crippen LogP contribution is 2.23. The number of nitrogens with zero attached hydrogens (tertiary/aromatic N) is 1. The van der Waals surface area contributed by atoms with E-state index in [0.29, 0.717) is 11.4 Å². The molecule has 0 aliphatic rings. The number of nitro benzene ring substituents is 1. The molecule has 26 heavy (non-hydrogen) atoms. The Balaban J connectivity index is 2.37. The van der Waals surface area contributed by atoms with E-state index in [2.05, 4.69) is 5.32 Å². The molecule has 0 saturated carbocycles. The van der Waals surface area contributed by atoms with Crippen molar-refractivity contribution in [3.05, 3.63) is 68.7 Å². The Morgan fingerprint density at radius 3 is 2.35 bits per heavy atom. The van der Waals surface area contributed by atoms with E-state index in [1.165, 1.54) is 0 Å². The Kier molecular flexibility index (Phi) is 5.99. The lowest BCUT2D eigenvalue weighted by molar-refractivity contribution is -0.385. The van der Waals surface area contributed by atoms with Gasteiger partial charge in [0.2, 0.25) is 0 Å². The fraction of sp³-hybridized carbons (Fsp3) is 0.235. The van der Waals surface area contributed by atoms with Crippen LogP contribution in [0.4, 0.5) is 5.69 Å². The second-order valence-corrected chi connectivity index (χ2v) is 8.18. The minimum Gasteiger partial charge on any atom is -0.345 e. The van der Waals surface area contributed by atoms with Crippen molar-refractivity contribution in [3.63, 3.8) is 0 Å². The first kappa shape index (κ1) is 19.9. The molecule has 0 aliphatic heterocycles. The average molecular weight is 397 g/mol. The fourth-order valence-corrected chi connectivity index (χ4v) is 3.19. The van der Waals surface area contributed by atoms with E-state index in [9.17, 15) is 23.3 Å². The number of hydrogen-bond donors (Lipinski definition) is 1. The van der Waals surface area contributed by atoms with Crippen molar-refractivity contribution in [2.75, 3.05) is 6.26 Å². The molecular weight excluding hydrogens is 380 g/mol. The summed E-state index contributed by atoms with van der Waals surface area (Å²) in [5.41, 5.74) is 0.267. The summed E-state index contributed by atoms with van der Waals surface area (Å²) in [7, 11) is -3.70. The second kappa shape index (κ2) is 7.84. The van der Waals surface area contributed by atoms with Crippen molar-refractivity contribution in [2.24, 2.45) is 0 Å². The van der Waals surface area contributed by atoms with Crippen LogP contribution in [0.3, 0.4) is 0 Å². The predicted molar refractivity (Wildman–Crippen MR) is 98.2 cm³/mol. The van der Waals surface area contributed by atoms with Crippen LogP contribution < -0.4 is 5.32 Å². The summed E-state index contributed by atoms with van der Waals surface area (Å²) < 4.78 is 23.5. The minimum absolute atomic E-state index is 0.0907. The number of sulfone groups is 1. The summed E-state index contributed by atoms with van der Waals surface area (Å²) in [6.07, 6.45) is 1.50. The first-order valence-electron chi connectivity index (χ1n) is 7.67. The van der Waals surface area contributed by atoms with Crippen LogP contribution in [0.15, 0.2) is 47.4 Å². The zero-order valence-corrected chi connectivity index (χ0v) is 15.7. The third-order valence-electron chi connectivity index (χ3n) is 3.78. The Morgan fingerprint density at radius 2 is 1.85 bits per heavy atom. The summed E-state index contributed by atoms with van der Waals surface area (Å²) in [4.78, 5) is 22.6. The third kappa shape index (κ3) is 4.80. The molecular formula is C17H17ClN2O5S. The van der Waals surface area contributed by atoms with Gasteiger partial charge >= 0.3 is 0 Å². The van der Waals surface area contributed by atoms with Crippen molar-refractivity contribution in [1.29, 1.82) is 0 Å². The quantitative estimate of drug-likeness (QED) is 0.593. The van der Waals surface area contributed by atoms with Gasteiger partial charge in [-0.2, -0.15) is 0 Å². The largest absolute Gasteiger partial charge is 0.345 e. The van der Waals surface area contributed by atoms with E-state index in [-0.39, 0.29) is 16.5 Å². The summed E-state index contributed by atoms with van der Waals surface area (Å²) in [6.45, 7) is 1.87. The molecule has 1 atom stereocenters. The van der Waals surface area contributed by atoms with Crippen LogP contribution in [-0.2, 0) is 9.84 Å². The molecule has 0 heterocycles. The summed E-state index contributed by atoms with van der Waals surface area (Å²) >= 11 is 5.86. The monoisotopic (exact) mass is 396 g/mol. The molecule has 0 aromatic heterocycles. The zero-order valence-electron chi connectivity index (χ0n) is 14.1. The molecule has 1 amide bonds. The van der Waals surface area contributed by atoms with Crippen LogP contribution in [0.2, 0.25) is 5.02 Å². The third-order valence-corrected chi connectivity index (χ3v) is 5.12. The highest BCUT2D eigenvalue weighted by molar-refractivity contribution is 7.90. The first-order chi connectivity index (χ1) is 12.1. The highest BCUT2D eigenvalue weighted by Gasteiger charge is 2.21. The molecule has 0 fully saturated rings. The van der Waals surface area contributed by atoms with Gasteiger partial charge in [0.05, 0.1) is 15.9 Å². The lowest BCUT2D eigenvalue weighted by atomic mass is 10.0. The number of carbonyl (C=O) groups excluding carboxylic acids is 1. The van der Waals surface area contributed by atoms with Crippen LogP contribution >= 0.6 is 11.6 Å². The molecule has 1 N–H and O–H groups in total. The predicted octanol–water partition coefficient (Wildman–Crippen LogP) is 3.53. The molecule has 138 valence electrons. The van der Waals surface area contributed by atoms with Crippen molar-refractivity contribution in [2.45, 2.75) is 24.3 Å². The van der Waals surface area contributed by atoms with Gasteiger partial charge in [-0.15, -0.1) is 0 Å². The average Bonchev–Trinajstić information content (AvgIpc) is 2.59. The summed E-state index contributed by atoms with van der Waals surface area (Å²) in [6, 6.07) is 9.70. The molecule has 2 aromatic rings. The number of carbonyl (C=O) groups is 1. The molecule has 7 nitrogen and oxygen atoms in total. The van der Waals surface area contributed by atoms with Gasteiger partial charge in [0.25, 0.3) is 11.6 Å². The Morgan fingerprint density at radius 1 is 1.23 bits per heavy atom. The van der Waals surface area contributed by atoms with Crippen LogP contribution in [0.1, 0.15) is 35.3 Å². The van der Waals surface area contributed by atoms with Gasteiger partial charge in [-0.1, -0.05) is 30.7 Å². The van der Waals surface area contributed by atoms with Crippen molar-refractivity contribution in [3.8, 4) is 0 Å². The molecule has 0 spiro atoms. The van der Waals surface area contributed by atoms with Gasteiger partial charge < -0.3 is 5.32 Å².